The molecular formula is C28H26F3N5OS. The first kappa shape index (κ1) is 26.0. The predicted octanol–water partition coefficient (Wildman–Crippen LogP) is 5.14. The average molecular weight is 538 g/mol. The predicted molar refractivity (Wildman–Crippen MR) is 138 cm³/mol. The third-order valence-electron chi connectivity index (χ3n) is 7.15. The number of aromatic nitrogens is 2. The molecule has 0 unspecified atom stereocenters. The highest BCUT2D eigenvalue weighted by molar-refractivity contribution is 7.12. The van der Waals surface area contributed by atoms with Crippen LogP contribution in [0.2, 0.25) is 0 Å². The lowest BCUT2D eigenvalue weighted by Crippen LogP contribution is -2.38. The fraction of sp³-hybridized carbons (Fsp3) is 0.393. The Labute approximate surface area is 223 Å². The van der Waals surface area contributed by atoms with E-state index in [-0.39, 0.29) is 18.0 Å². The zero-order valence-corrected chi connectivity index (χ0v) is 21.8. The van der Waals surface area contributed by atoms with Gasteiger partial charge in [-0.05, 0) is 61.9 Å². The van der Waals surface area contributed by atoms with Gasteiger partial charge in [0.25, 0.3) is 5.91 Å². The molecule has 38 heavy (non-hydrogen) atoms. The van der Waals surface area contributed by atoms with Crippen LogP contribution in [0.4, 0.5) is 13.2 Å². The van der Waals surface area contributed by atoms with Crippen LogP contribution in [0.15, 0.2) is 36.5 Å². The maximum absolute atomic E-state index is 14.0. The summed E-state index contributed by atoms with van der Waals surface area (Å²) in [5.41, 5.74) is 0.553. The second-order valence-electron chi connectivity index (χ2n) is 9.78. The highest BCUT2D eigenvalue weighted by Crippen LogP contribution is 2.44. The van der Waals surface area contributed by atoms with Crippen LogP contribution in [0, 0.1) is 23.2 Å². The second kappa shape index (κ2) is 9.94. The van der Waals surface area contributed by atoms with Crippen molar-refractivity contribution in [3.05, 3.63) is 63.1 Å². The van der Waals surface area contributed by atoms with Gasteiger partial charge < -0.3 is 10.2 Å². The molecule has 1 fully saturated rings. The molecule has 1 N–H and O–H groups in total. The van der Waals surface area contributed by atoms with Crippen molar-refractivity contribution in [1.29, 1.82) is 5.26 Å². The van der Waals surface area contributed by atoms with E-state index in [1.165, 1.54) is 22.2 Å². The zero-order chi connectivity index (χ0) is 27.1. The molecule has 1 saturated heterocycles. The molecule has 0 spiro atoms. The van der Waals surface area contributed by atoms with Gasteiger partial charge >= 0.3 is 6.18 Å². The van der Waals surface area contributed by atoms with Crippen LogP contribution in [-0.2, 0) is 24.1 Å². The van der Waals surface area contributed by atoms with Gasteiger partial charge in [0, 0.05) is 35.6 Å². The Balaban J connectivity index is 1.58. The lowest BCUT2D eigenvalue weighted by Gasteiger charge is -2.33. The van der Waals surface area contributed by atoms with Gasteiger partial charge in [0.1, 0.15) is 10.9 Å². The molecule has 0 aliphatic carbocycles. The van der Waals surface area contributed by atoms with Gasteiger partial charge in [-0.25, -0.2) is 0 Å². The molecule has 3 aromatic rings. The second-order valence-corrected chi connectivity index (χ2v) is 10.9. The van der Waals surface area contributed by atoms with E-state index < -0.39 is 23.3 Å². The Hall–Kier alpha value is -3.60. The zero-order valence-electron chi connectivity index (χ0n) is 21.0. The van der Waals surface area contributed by atoms with Crippen molar-refractivity contribution in [2.75, 3.05) is 13.1 Å². The van der Waals surface area contributed by atoms with E-state index in [2.05, 4.69) is 28.3 Å². The summed E-state index contributed by atoms with van der Waals surface area (Å²) in [6.07, 6.45) is -1.36. The van der Waals surface area contributed by atoms with Crippen LogP contribution >= 0.6 is 11.3 Å². The van der Waals surface area contributed by atoms with Crippen molar-refractivity contribution >= 4 is 17.2 Å². The SMILES string of the molecule is CCn1cc(-c2ccccc2[C@@H]2CN(C(=O)C#C[C@]3(C)CCCN3)Cc3sc(C#N)cc32)c(C(F)(F)F)n1. The molecule has 4 heterocycles. The fourth-order valence-corrected chi connectivity index (χ4v) is 6.24. The van der Waals surface area contributed by atoms with Crippen LogP contribution in [0.5, 0.6) is 0 Å². The largest absolute Gasteiger partial charge is 0.435 e. The number of amides is 1. The maximum Gasteiger partial charge on any atom is 0.435 e. The van der Waals surface area contributed by atoms with Crippen molar-refractivity contribution in [3.8, 4) is 29.0 Å². The van der Waals surface area contributed by atoms with E-state index >= 15 is 0 Å². The van der Waals surface area contributed by atoms with Gasteiger partial charge in [-0.2, -0.15) is 23.5 Å². The van der Waals surface area contributed by atoms with E-state index in [1.54, 1.807) is 42.2 Å². The third kappa shape index (κ3) is 4.94. The number of aryl methyl sites for hydroxylation is 1. The molecule has 0 saturated carbocycles. The number of thiophene rings is 1. The van der Waals surface area contributed by atoms with E-state index in [0.29, 0.717) is 29.1 Å². The van der Waals surface area contributed by atoms with Crippen LogP contribution in [0.3, 0.4) is 0 Å². The number of fused-ring (bicyclic) bond motifs is 1. The molecule has 2 aliphatic heterocycles. The number of benzene rings is 1. The summed E-state index contributed by atoms with van der Waals surface area (Å²) in [5, 5.41) is 16.7. The average Bonchev–Trinajstić information content (AvgIpc) is 3.64. The molecule has 2 aliphatic rings. The summed E-state index contributed by atoms with van der Waals surface area (Å²) in [4.78, 5) is 16.2. The molecule has 196 valence electrons. The fourth-order valence-electron chi connectivity index (χ4n) is 5.20. The van der Waals surface area contributed by atoms with Crippen LogP contribution in [-0.4, -0.2) is 39.2 Å². The van der Waals surface area contributed by atoms with Crippen LogP contribution < -0.4 is 5.32 Å². The van der Waals surface area contributed by atoms with Crippen molar-refractivity contribution in [1.82, 2.24) is 20.0 Å². The van der Waals surface area contributed by atoms with E-state index in [9.17, 15) is 23.2 Å². The number of hydrogen-bond acceptors (Lipinski definition) is 5. The first-order chi connectivity index (χ1) is 18.1. The molecular weight excluding hydrogens is 511 g/mol. The van der Waals surface area contributed by atoms with Crippen LogP contribution in [0.25, 0.3) is 11.1 Å². The molecule has 5 rings (SSSR count). The van der Waals surface area contributed by atoms with E-state index in [1.807, 2.05) is 6.92 Å². The van der Waals surface area contributed by atoms with Crippen molar-refractivity contribution < 1.29 is 18.0 Å². The van der Waals surface area contributed by atoms with Gasteiger partial charge in [0.05, 0.1) is 12.1 Å². The van der Waals surface area contributed by atoms with Crippen molar-refractivity contribution in [3.63, 3.8) is 0 Å². The van der Waals surface area contributed by atoms with E-state index in [0.717, 1.165) is 29.8 Å². The number of nitrogens with zero attached hydrogens (tertiary/aromatic N) is 4. The summed E-state index contributed by atoms with van der Waals surface area (Å²) in [6.45, 7) is 5.40. The lowest BCUT2D eigenvalue weighted by molar-refractivity contribution is -0.141. The number of nitrogens with one attached hydrogen (secondary N) is 1. The Kier molecular flexibility index (Phi) is 6.81. The topological polar surface area (TPSA) is 74.0 Å². The number of rotatable bonds is 3. The Morgan fingerprint density at radius 2 is 2.08 bits per heavy atom. The normalized spacial score (nSPS) is 20.9. The molecule has 0 radical (unpaired) electrons. The molecule has 0 bridgehead atoms. The maximum atomic E-state index is 14.0. The highest BCUT2D eigenvalue weighted by Gasteiger charge is 2.39. The quantitative estimate of drug-likeness (QED) is 0.470. The number of nitriles is 1. The summed E-state index contributed by atoms with van der Waals surface area (Å²) < 4.78 is 43.2. The van der Waals surface area contributed by atoms with Crippen molar-refractivity contribution in [2.45, 2.75) is 57.4 Å². The Morgan fingerprint density at radius 3 is 2.76 bits per heavy atom. The minimum absolute atomic E-state index is 0.00397. The van der Waals surface area contributed by atoms with Gasteiger partial charge in [-0.15, -0.1) is 11.3 Å². The lowest BCUT2D eigenvalue weighted by atomic mass is 9.83. The number of hydrogen-bond donors (Lipinski definition) is 1. The number of carbonyl (C=O) groups excluding carboxylic acids is 1. The number of alkyl halides is 3. The first-order valence-electron chi connectivity index (χ1n) is 12.5. The minimum Gasteiger partial charge on any atom is -0.326 e. The van der Waals surface area contributed by atoms with Gasteiger partial charge in [0.2, 0.25) is 0 Å². The summed E-state index contributed by atoms with van der Waals surface area (Å²) in [7, 11) is 0. The summed E-state index contributed by atoms with van der Waals surface area (Å²) in [6, 6.07) is 10.9. The molecule has 2 aromatic heterocycles. The molecule has 2 atom stereocenters. The monoisotopic (exact) mass is 537 g/mol. The molecule has 6 nitrogen and oxygen atoms in total. The summed E-state index contributed by atoms with van der Waals surface area (Å²) >= 11 is 1.30. The van der Waals surface area contributed by atoms with Gasteiger partial charge in [0.15, 0.2) is 5.69 Å². The summed E-state index contributed by atoms with van der Waals surface area (Å²) in [5.74, 6) is 5.12. The first-order valence-corrected chi connectivity index (χ1v) is 13.3. The smallest absolute Gasteiger partial charge is 0.326 e. The molecule has 1 aromatic carbocycles. The van der Waals surface area contributed by atoms with E-state index in [4.69, 9.17) is 0 Å². The number of halogens is 3. The van der Waals surface area contributed by atoms with Crippen LogP contribution in [0.1, 0.15) is 59.2 Å². The Morgan fingerprint density at radius 1 is 1.29 bits per heavy atom. The van der Waals surface area contributed by atoms with Gasteiger partial charge in [-0.3, -0.25) is 9.48 Å². The van der Waals surface area contributed by atoms with Gasteiger partial charge in [-0.1, -0.05) is 30.2 Å². The Bertz CT molecular complexity index is 1480. The molecule has 1 amide bonds. The molecule has 10 heteroatoms. The standard InChI is InChI=1S/C28H26F3N5OS/c1-3-36-16-23(26(34-36)28(29,30)31)20-8-5-4-7-19(20)22-15-35(17-24-21(22)13-18(14-32)38-24)25(37)9-11-27(2)10-6-12-33-27/h4-5,7-8,13,16,22,33H,3,6,10,12,15,17H2,1-2H3/t22-,27-/m0/s1. The third-order valence-corrected chi connectivity index (χ3v) is 8.19. The number of carbonyl (C=O) groups is 1. The highest BCUT2D eigenvalue weighted by atomic mass is 32.1. The van der Waals surface area contributed by atoms with Crippen molar-refractivity contribution in [2.24, 2.45) is 0 Å². The minimum atomic E-state index is -4.63.